The first-order valence-electron chi connectivity index (χ1n) is 31.6. The third-order valence-electron chi connectivity index (χ3n) is 18.8. The monoisotopic (exact) mass is 1170 g/mol. The number of hydrogen-bond donors (Lipinski definition) is 0. The minimum atomic E-state index is 1.11. The van der Waals surface area contributed by atoms with Crippen LogP contribution in [-0.4, -0.2) is 18.3 Å². The van der Waals surface area contributed by atoms with Gasteiger partial charge in [-0.15, -0.1) is 0 Å². The first-order valence-corrected chi connectivity index (χ1v) is 31.6. The Morgan fingerprint density at radius 3 is 0.587 bits per heavy atom. The number of nitrogens with zero attached hydrogens (tertiary/aromatic N) is 4. The van der Waals surface area contributed by atoms with E-state index in [2.05, 4.69) is 370 Å². The van der Waals surface area contributed by atoms with Gasteiger partial charge in [0.2, 0.25) is 0 Å². The Kier molecular flexibility index (Phi) is 12.5. The van der Waals surface area contributed by atoms with Gasteiger partial charge in [-0.05, 0) is 165 Å². The first-order chi connectivity index (χ1) is 45.6. The fraction of sp³-hybridized carbons (Fsp3) is 0. The average molecular weight is 1170 g/mol. The Bertz CT molecular complexity index is 5100. The maximum atomic E-state index is 2.41. The Morgan fingerprint density at radius 2 is 0.380 bits per heavy atom. The van der Waals surface area contributed by atoms with Crippen molar-refractivity contribution in [1.82, 2.24) is 18.3 Å². The second-order valence-corrected chi connectivity index (χ2v) is 24.0. The van der Waals surface area contributed by atoms with Crippen molar-refractivity contribution in [2.75, 3.05) is 0 Å². The smallest absolute Gasteiger partial charge is 0.0541 e. The minimum Gasteiger partial charge on any atom is -0.309 e. The summed E-state index contributed by atoms with van der Waals surface area (Å²) in [6.45, 7) is 0. The second kappa shape index (κ2) is 21.8. The molecule has 0 atom stereocenters. The molecule has 0 aliphatic carbocycles. The molecular formula is C88H58N4. The lowest BCUT2D eigenvalue weighted by atomic mass is 9.93. The second-order valence-electron chi connectivity index (χ2n) is 24.0. The van der Waals surface area contributed by atoms with Crippen LogP contribution < -0.4 is 0 Å². The molecule has 0 N–H and O–H groups in total. The number of aromatic nitrogens is 4. The summed E-state index contributed by atoms with van der Waals surface area (Å²) < 4.78 is 9.64. The van der Waals surface area contributed by atoms with Crippen molar-refractivity contribution in [1.29, 1.82) is 0 Å². The molecule has 92 heavy (non-hydrogen) atoms. The predicted octanol–water partition coefficient (Wildman–Crippen LogP) is 22.9. The molecule has 0 amide bonds. The highest BCUT2D eigenvalue weighted by Gasteiger charge is 2.20. The van der Waals surface area contributed by atoms with Crippen LogP contribution in [0.4, 0.5) is 0 Å². The highest BCUT2D eigenvalue weighted by molar-refractivity contribution is 6.13. The van der Waals surface area contributed by atoms with E-state index in [1.807, 2.05) is 0 Å². The van der Waals surface area contributed by atoms with Gasteiger partial charge in [0.15, 0.2) is 0 Å². The quantitative estimate of drug-likeness (QED) is 0.115. The molecule has 0 unspecified atom stereocenters. The van der Waals surface area contributed by atoms with E-state index >= 15 is 0 Å². The molecule has 0 saturated carbocycles. The van der Waals surface area contributed by atoms with Gasteiger partial charge in [-0.1, -0.05) is 243 Å². The van der Waals surface area contributed by atoms with Crippen molar-refractivity contribution in [2.45, 2.75) is 0 Å². The minimum absolute atomic E-state index is 1.11. The van der Waals surface area contributed by atoms with Crippen LogP contribution in [0.15, 0.2) is 340 Å². The van der Waals surface area contributed by atoms with Crippen LogP contribution in [0.25, 0.3) is 144 Å². The van der Waals surface area contributed by atoms with E-state index in [4.69, 9.17) is 0 Å². The first kappa shape index (κ1) is 52.8. The predicted molar refractivity (Wildman–Crippen MR) is 389 cm³/mol. The van der Waals surface area contributed by atoms with Crippen molar-refractivity contribution in [3.63, 3.8) is 0 Å². The zero-order chi connectivity index (χ0) is 60.6. The van der Waals surface area contributed by atoms with Crippen LogP contribution >= 0.6 is 0 Å². The summed E-state index contributed by atoms with van der Waals surface area (Å²) in [6.07, 6.45) is 4.73. The van der Waals surface area contributed by atoms with E-state index in [-0.39, 0.29) is 0 Å². The van der Waals surface area contributed by atoms with Gasteiger partial charge in [-0.2, -0.15) is 0 Å². The third-order valence-corrected chi connectivity index (χ3v) is 18.8. The molecule has 0 aliphatic rings. The highest BCUT2D eigenvalue weighted by atomic mass is 15.0. The molecule has 430 valence electrons. The molecule has 14 aromatic carbocycles. The lowest BCUT2D eigenvalue weighted by Crippen LogP contribution is -1.98. The van der Waals surface area contributed by atoms with Crippen LogP contribution in [0, 0.1) is 0 Å². The maximum Gasteiger partial charge on any atom is 0.0541 e. The molecule has 18 aromatic rings. The van der Waals surface area contributed by atoms with Crippen LogP contribution in [-0.2, 0) is 0 Å². The summed E-state index contributed by atoms with van der Waals surface area (Å²) in [7, 11) is 0. The van der Waals surface area contributed by atoms with Crippen molar-refractivity contribution in [2.24, 2.45) is 0 Å². The Morgan fingerprint density at radius 1 is 0.185 bits per heavy atom. The molecule has 18 rings (SSSR count). The zero-order valence-electron chi connectivity index (χ0n) is 50.3. The largest absolute Gasteiger partial charge is 0.309 e. The summed E-state index contributed by atoms with van der Waals surface area (Å²) >= 11 is 0. The lowest BCUT2D eigenvalue weighted by Gasteiger charge is -2.15. The number of rotatable bonds is 11. The average Bonchev–Trinajstić information content (AvgIpc) is 1.65. The van der Waals surface area contributed by atoms with Crippen molar-refractivity contribution in [3.8, 4) is 33.9 Å². The van der Waals surface area contributed by atoms with Crippen molar-refractivity contribution < 1.29 is 0 Å². The van der Waals surface area contributed by atoms with Gasteiger partial charge < -0.3 is 18.3 Å². The standard InChI is InChI=1S/C88H58N4/c1-9-37-81-71(29-1)72-30-2-10-38-82(72)89(81)67-25-17-21-63(55-67)79(64-22-18-26-68(56-64)90-83-39-11-3-31-73(83)74-32-4-12-40-84(74)90)53-59-45-49-61(50-46-59)62-51-47-60(48-52-62)54-80(65-23-19-27-69(57-65)91-85-41-13-5-33-75(85)76-34-6-14-42-86(76)91)66-24-20-28-70(58-66)92-87-43-15-7-35-77(87)78-36-8-16-44-88(78)92/h1-58H. The normalized spacial score (nSPS) is 11.7. The summed E-state index contributed by atoms with van der Waals surface area (Å²) in [5.41, 5.74) is 25.3. The van der Waals surface area contributed by atoms with Gasteiger partial charge in [0.05, 0.1) is 44.1 Å². The van der Waals surface area contributed by atoms with Crippen LogP contribution in [0.5, 0.6) is 0 Å². The zero-order valence-corrected chi connectivity index (χ0v) is 50.3. The van der Waals surface area contributed by atoms with E-state index in [0.717, 1.165) is 78.4 Å². The summed E-state index contributed by atoms with van der Waals surface area (Å²) in [4.78, 5) is 0. The van der Waals surface area contributed by atoms with Gasteiger partial charge >= 0.3 is 0 Å². The van der Waals surface area contributed by atoms with Crippen molar-refractivity contribution in [3.05, 3.63) is 373 Å². The van der Waals surface area contributed by atoms with E-state index in [1.54, 1.807) is 0 Å². The highest BCUT2D eigenvalue weighted by Crippen LogP contribution is 2.40. The molecule has 0 aliphatic heterocycles. The fourth-order valence-corrected chi connectivity index (χ4v) is 14.6. The fourth-order valence-electron chi connectivity index (χ4n) is 14.6. The van der Waals surface area contributed by atoms with Crippen LogP contribution in [0.2, 0.25) is 0 Å². The number of fused-ring (bicyclic) bond motifs is 12. The van der Waals surface area contributed by atoms with Gasteiger partial charge in [0.25, 0.3) is 0 Å². The molecule has 4 heterocycles. The van der Waals surface area contributed by atoms with Gasteiger partial charge in [0, 0.05) is 65.8 Å². The Labute approximate surface area is 532 Å². The van der Waals surface area contributed by atoms with E-state index in [9.17, 15) is 0 Å². The Balaban J connectivity index is 0.735. The molecule has 0 spiro atoms. The topological polar surface area (TPSA) is 19.7 Å². The molecule has 4 heteroatoms. The Hall–Kier alpha value is -12.2. The maximum absolute atomic E-state index is 2.41. The van der Waals surface area contributed by atoms with Gasteiger partial charge in [-0.3, -0.25) is 0 Å². The molecular weight excluding hydrogens is 1110 g/mol. The summed E-state index contributed by atoms with van der Waals surface area (Å²) in [6, 6.07) is 124. The summed E-state index contributed by atoms with van der Waals surface area (Å²) in [5, 5.41) is 9.96. The number of para-hydroxylation sites is 8. The molecule has 0 radical (unpaired) electrons. The van der Waals surface area contributed by atoms with E-state index in [1.165, 1.54) is 87.2 Å². The van der Waals surface area contributed by atoms with Crippen LogP contribution in [0.3, 0.4) is 0 Å². The SMILES string of the molecule is C(=C(c1cccc(-n2c3ccccc3c3ccccc32)c1)c1cccc(-n2c3ccccc3c3ccccc32)c1)c1ccc(-c2ccc(C=C(c3cccc(-n4c5ccccc5c5ccccc54)c3)c3cccc(-n4c5ccccc5c5ccccc54)c3)cc2)cc1. The van der Waals surface area contributed by atoms with Gasteiger partial charge in [-0.25, -0.2) is 0 Å². The number of benzene rings is 14. The summed E-state index contributed by atoms with van der Waals surface area (Å²) in [5.74, 6) is 0. The van der Waals surface area contributed by atoms with E-state index < -0.39 is 0 Å². The third kappa shape index (κ3) is 8.83. The van der Waals surface area contributed by atoms with Gasteiger partial charge in [0.1, 0.15) is 0 Å². The lowest BCUT2D eigenvalue weighted by molar-refractivity contribution is 1.17. The van der Waals surface area contributed by atoms with Crippen LogP contribution in [0.1, 0.15) is 33.4 Å². The van der Waals surface area contributed by atoms with Crippen molar-refractivity contribution >= 4 is 111 Å². The van der Waals surface area contributed by atoms with E-state index in [0.29, 0.717) is 0 Å². The molecule has 0 bridgehead atoms. The number of hydrogen-bond acceptors (Lipinski definition) is 0. The molecule has 0 saturated heterocycles. The molecule has 4 aromatic heterocycles. The molecule has 0 fully saturated rings. The molecule has 4 nitrogen and oxygen atoms in total.